The van der Waals surface area contributed by atoms with Crippen molar-refractivity contribution in [3.05, 3.63) is 47.1 Å². The highest BCUT2D eigenvalue weighted by molar-refractivity contribution is 6.28. The molecular formula is C11H6ClF3N2. The molecule has 0 saturated carbocycles. The van der Waals surface area contributed by atoms with Gasteiger partial charge in [-0.25, -0.2) is 23.1 Å². The summed E-state index contributed by atoms with van der Waals surface area (Å²) in [6.45, 7) is 0. The molecule has 17 heavy (non-hydrogen) atoms. The molecule has 0 spiro atoms. The van der Waals surface area contributed by atoms with Gasteiger partial charge in [0.15, 0.2) is 0 Å². The lowest BCUT2D eigenvalue weighted by Crippen LogP contribution is -1.95. The number of halogens is 4. The van der Waals surface area contributed by atoms with E-state index in [1.165, 1.54) is 18.2 Å². The Balaban J connectivity index is 2.52. The number of hydrogen-bond donors (Lipinski definition) is 0. The molecule has 0 amide bonds. The summed E-state index contributed by atoms with van der Waals surface area (Å²) in [5.74, 6) is -0.476. The molecule has 1 aromatic carbocycles. The van der Waals surface area contributed by atoms with E-state index in [2.05, 4.69) is 9.97 Å². The Morgan fingerprint density at radius 3 is 2.53 bits per heavy atom. The van der Waals surface area contributed by atoms with Crippen LogP contribution in [-0.4, -0.2) is 9.97 Å². The van der Waals surface area contributed by atoms with Gasteiger partial charge in [-0.15, -0.1) is 0 Å². The highest BCUT2D eigenvalue weighted by Gasteiger charge is 2.13. The molecule has 0 N–H and O–H groups in total. The third kappa shape index (κ3) is 2.74. The number of alkyl halides is 2. The third-order valence-electron chi connectivity index (χ3n) is 2.06. The fourth-order valence-electron chi connectivity index (χ4n) is 1.34. The fourth-order valence-corrected chi connectivity index (χ4v) is 1.53. The maximum Gasteiger partial charge on any atom is 0.280 e. The minimum atomic E-state index is -2.75. The number of aromatic nitrogens is 2. The number of benzene rings is 1. The van der Waals surface area contributed by atoms with Crippen molar-refractivity contribution < 1.29 is 13.2 Å². The Hall–Kier alpha value is -1.62. The van der Waals surface area contributed by atoms with Crippen molar-refractivity contribution in [3.63, 3.8) is 0 Å². The Morgan fingerprint density at radius 2 is 1.88 bits per heavy atom. The largest absolute Gasteiger partial charge is 0.280 e. The van der Waals surface area contributed by atoms with E-state index in [9.17, 15) is 13.2 Å². The van der Waals surface area contributed by atoms with Gasteiger partial charge >= 0.3 is 0 Å². The van der Waals surface area contributed by atoms with Crippen LogP contribution in [0, 0.1) is 5.82 Å². The van der Waals surface area contributed by atoms with Crippen LogP contribution in [0.4, 0.5) is 13.2 Å². The van der Waals surface area contributed by atoms with E-state index >= 15 is 0 Å². The first kappa shape index (κ1) is 11.9. The molecule has 2 nitrogen and oxygen atoms in total. The molecule has 0 aliphatic rings. The summed E-state index contributed by atoms with van der Waals surface area (Å²) in [5, 5.41) is -0.290. The van der Waals surface area contributed by atoms with E-state index in [0.29, 0.717) is 5.56 Å². The molecule has 0 aliphatic heterocycles. The van der Waals surface area contributed by atoms with Crippen molar-refractivity contribution in [2.75, 3.05) is 0 Å². The lowest BCUT2D eigenvalue weighted by atomic mass is 10.1. The van der Waals surface area contributed by atoms with Crippen molar-refractivity contribution in [2.45, 2.75) is 6.43 Å². The maximum atomic E-state index is 13.0. The van der Waals surface area contributed by atoms with Crippen LogP contribution in [0.5, 0.6) is 0 Å². The minimum absolute atomic E-state index is 0.166. The van der Waals surface area contributed by atoms with Gasteiger partial charge in [0.2, 0.25) is 5.28 Å². The smallest absolute Gasteiger partial charge is 0.218 e. The molecule has 0 radical (unpaired) electrons. The highest BCUT2D eigenvalue weighted by atomic mass is 35.5. The van der Waals surface area contributed by atoms with Gasteiger partial charge in [-0.3, -0.25) is 0 Å². The molecule has 0 saturated heterocycles. The van der Waals surface area contributed by atoms with Crippen molar-refractivity contribution in [1.82, 2.24) is 9.97 Å². The average molecular weight is 259 g/mol. The van der Waals surface area contributed by atoms with Gasteiger partial charge < -0.3 is 0 Å². The van der Waals surface area contributed by atoms with Crippen molar-refractivity contribution in [1.29, 1.82) is 0 Å². The Labute approximate surface area is 100 Å². The maximum absolute atomic E-state index is 13.0. The van der Waals surface area contributed by atoms with Crippen LogP contribution in [0.3, 0.4) is 0 Å². The second kappa shape index (κ2) is 4.71. The Morgan fingerprint density at radius 1 is 1.12 bits per heavy atom. The van der Waals surface area contributed by atoms with E-state index in [0.717, 1.165) is 6.07 Å². The molecule has 0 atom stereocenters. The lowest BCUT2D eigenvalue weighted by molar-refractivity contribution is 0.146. The normalized spacial score (nSPS) is 10.9. The predicted molar refractivity (Wildman–Crippen MR) is 57.4 cm³/mol. The van der Waals surface area contributed by atoms with Gasteiger partial charge in [-0.2, -0.15) is 0 Å². The van der Waals surface area contributed by atoms with Crippen LogP contribution in [-0.2, 0) is 0 Å². The van der Waals surface area contributed by atoms with E-state index in [1.807, 2.05) is 0 Å². The summed E-state index contributed by atoms with van der Waals surface area (Å²) in [5.41, 5.74) is 0.0558. The molecule has 6 heteroatoms. The number of hydrogen-bond acceptors (Lipinski definition) is 2. The quantitative estimate of drug-likeness (QED) is 0.764. The van der Waals surface area contributed by atoms with Gasteiger partial charge in [0.1, 0.15) is 11.5 Å². The second-order valence-corrected chi connectivity index (χ2v) is 3.60. The first-order valence-electron chi connectivity index (χ1n) is 4.65. The minimum Gasteiger partial charge on any atom is -0.218 e. The number of rotatable bonds is 2. The molecule has 0 fully saturated rings. The molecule has 88 valence electrons. The molecule has 1 aromatic heterocycles. The SMILES string of the molecule is Fc1cccc(-c2cc(C(F)F)nc(Cl)n2)c1. The first-order valence-corrected chi connectivity index (χ1v) is 5.02. The molecule has 1 heterocycles. The van der Waals surface area contributed by atoms with Crippen LogP contribution >= 0.6 is 11.6 Å². The van der Waals surface area contributed by atoms with Crippen LogP contribution < -0.4 is 0 Å². The molecule has 0 bridgehead atoms. The van der Waals surface area contributed by atoms with E-state index in [-0.39, 0.29) is 11.0 Å². The Kier molecular flexibility index (Phi) is 3.28. The molecule has 0 aliphatic carbocycles. The van der Waals surface area contributed by atoms with Gasteiger partial charge in [-0.05, 0) is 29.8 Å². The lowest BCUT2D eigenvalue weighted by Gasteiger charge is -2.04. The Bertz CT molecular complexity index is 546. The monoisotopic (exact) mass is 258 g/mol. The molecule has 0 unspecified atom stereocenters. The van der Waals surface area contributed by atoms with Gasteiger partial charge in [0, 0.05) is 5.56 Å². The summed E-state index contributed by atoms with van der Waals surface area (Å²) in [6.07, 6.45) is -2.75. The highest BCUT2D eigenvalue weighted by Crippen LogP contribution is 2.24. The first-order chi connectivity index (χ1) is 8.06. The van der Waals surface area contributed by atoms with Crippen molar-refractivity contribution in [2.24, 2.45) is 0 Å². The molecule has 2 aromatic rings. The van der Waals surface area contributed by atoms with Crippen LogP contribution in [0.25, 0.3) is 11.3 Å². The van der Waals surface area contributed by atoms with Crippen LogP contribution in [0.1, 0.15) is 12.1 Å². The summed E-state index contributed by atoms with van der Waals surface area (Å²) in [7, 11) is 0. The topological polar surface area (TPSA) is 25.8 Å². The fraction of sp³-hybridized carbons (Fsp3) is 0.0909. The zero-order valence-electron chi connectivity index (χ0n) is 8.37. The summed E-state index contributed by atoms with van der Waals surface area (Å²) in [6, 6.07) is 6.54. The van der Waals surface area contributed by atoms with Crippen molar-refractivity contribution >= 4 is 11.6 Å². The van der Waals surface area contributed by atoms with Crippen molar-refractivity contribution in [3.8, 4) is 11.3 Å². The summed E-state index contributed by atoms with van der Waals surface area (Å²) >= 11 is 5.53. The van der Waals surface area contributed by atoms with E-state index in [4.69, 9.17) is 11.6 Å². The average Bonchev–Trinajstić information content (AvgIpc) is 2.28. The second-order valence-electron chi connectivity index (χ2n) is 3.26. The summed E-state index contributed by atoms with van der Waals surface area (Å²) in [4.78, 5) is 7.17. The standard InChI is InChI=1S/C11H6ClF3N2/c12-11-16-8(5-9(17-11)10(14)15)6-2-1-3-7(13)4-6/h1-5,10H. The molecular weight excluding hydrogens is 253 g/mol. The number of nitrogens with zero attached hydrogens (tertiary/aromatic N) is 2. The van der Waals surface area contributed by atoms with Gasteiger partial charge in [-0.1, -0.05) is 12.1 Å². The van der Waals surface area contributed by atoms with Gasteiger partial charge in [0.05, 0.1) is 5.69 Å². The zero-order chi connectivity index (χ0) is 12.4. The third-order valence-corrected chi connectivity index (χ3v) is 2.23. The van der Waals surface area contributed by atoms with Crippen LogP contribution in [0.2, 0.25) is 5.28 Å². The van der Waals surface area contributed by atoms with E-state index < -0.39 is 17.9 Å². The predicted octanol–water partition coefficient (Wildman–Crippen LogP) is 3.87. The molecule has 2 rings (SSSR count). The summed E-state index contributed by atoms with van der Waals surface area (Å²) < 4.78 is 38.0. The zero-order valence-corrected chi connectivity index (χ0v) is 9.13. The van der Waals surface area contributed by atoms with Crippen LogP contribution in [0.15, 0.2) is 30.3 Å². The van der Waals surface area contributed by atoms with Gasteiger partial charge in [0.25, 0.3) is 6.43 Å². The van der Waals surface area contributed by atoms with E-state index in [1.54, 1.807) is 6.07 Å².